The van der Waals surface area contributed by atoms with Crippen molar-refractivity contribution in [3.05, 3.63) is 52.6 Å². The lowest BCUT2D eigenvalue weighted by Gasteiger charge is -2.15. The molecule has 0 bridgehead atoms. The highest BCUT2D eigenvalue weighted by atomic mass is 35.5. The molecule has 22 heavy (non-hydrogen) atoms. The predicted octanol–water partition coefficient (Wildman–Crippen LogP) is 4.26. The third-order valence-corrected chi connectivity index (χ3v) is 3.31. The Morgan fingerprint density at radius 3 is 2.68 bits per heavy atom. The minimum Gasteiger partial charge on any atom is -0.382 e. The van der Waals surface area contributed by atoms with Crippen molar-refractivity contribution in [2.45, 2.75) is 26.8 Å². The van der Waals surface area contributed by atoms with E-state index in [4.69, 9.17) is 11.6 Å². The van der Waals surface area contributed by atoms with Gasteiger partial charge in [0.1, 0.15) is 5.82 Å². The van der Waals surface area contributed by atoms with E-state index in [1.165, 1.54) is 12.1 Å². The number of anilines is 2. The van der Waals surface area contributed by atoms with Crippen LogP contribution in [0.3, 0.4) is 0 Å². The molecule has 0 unspecified atom stereocenters. The molecule has 2 rings (SSSR count). The average molecular weight is 322 g/mol. The minimum atomic E-state index is -0.478. The summed E-state index contributed by atoms with van der Waals surface area (Å²) in [6.07, 6.45) is 1.56. The van der Waals surface area contributed by atoms with E-state index in [9.17, 15) is 9.18 Å². The fourth-order valence-corrected chi connectivity index (χ4v) is 2.25. The molecule has 2 N–H and O–H groups in total. The largest absolute Gasteiger partial charge is 0.382 e. The second-order valence-corrected chi connectivity index (χ2v) is 5.59. The van der Waals surface area contributed by atoms with Crippen molar-refractivity contribution < 1.29 is 9.18 Å². The van der Waals surface area contributed by atoms with Crippen molar-refractivity contribution in [3.8, 4) is 0 Å². The molecule has 0 fully saturated rings. The van der Waals surface area contributed by atoms with Gasteiger partial charge in [0.05, 0.1) is 11.3 Å². The molecule has 0 aliphatic carbocycles. The third kappa shape index (κ3) is 3.74. The van der Waals surface area contributed by atoms with E-state index in [2.05, 4.69) is 15.6 Å². The van der Waals surface area contributed by atoms with Crippen molar-refractivity contribution in [2.24, 2.45) is 0 Å². The second kappa shape index (κ2) is 6.75. The quantitative estimate of drug-likeness (QED) is 0.827. The molecule has 0 atom stereocenters. The minimum absolute atomic E-state index is 0.112. The lowest BCUT2D eigenvalue weighted by Crippen LogP contribution is -2.18. The number of benzene rings is 1. The number of nitrogens with one attached hydrogen (secondary N) is 2. The van der Waals surface area contributed by atoms with E-state index in [-0.39, 0.29) is 16.8 Å². The summed E-state index contributed by atoms with van der Waals surface area (Å²) in [6, 6.07) is 5.90. The van der Waals surface area contributed by atoms with E-state index >= 15 is 0 Å². The van der Waals surface area contributed by atoms with Crippen LogP contribution < -0.4 is 10.6 Å². The standard InChI is InChI=1S/C16H17ClFN3O/c1-9(2)20-13-5-4-11(18)8-12(13)16(22)21-14-10(3)6-7-19-15(14)17/h4-9,20H,1-3H3,(H,21,22). The van der Waals surface area contributed by atoms with Gasteiger partial charge >= 0.3 is 0 Å². The number of nitrogens with zero attached hydrogens (tertiary/aromatic N) is 1. The molecule has 0 aliphatic rings. The van der Waals surface area contributed by atoms with Crippen LogP contribution in [-0.4, -0.2) is 16.9 Å². The van der Waals surface area contributed by atoms with Crippen LogP contribution in [-0.2, 0) is 0 Å². The molecular weight excluding hydrogens is 305 g/mol. The Bertz CT molecular complexity index is 684. The van der Waals surface area contributed by atoms with Crippen molar-refractivity contribution >= 4 is 28.9 Å². The number of rotatable bonds is 4. The van der Waals surface area contributed by atoms with Gasteiger partial charge < -0.3 is 10.6 Å². The summed E-state index contributed by atoms with van der Waals surface area (Å²) in [4.78, 5) is 16.4. The van der Waals surface area contributed by atoms with Crippen LogP contribution in [0.1, 0.15) is 29.8 Å². The van der Waals surface area contributed by atoms with Crippen LogP contribution in [0.15, 0.2) is 30.5 Å². The van der Waals surface area contributed by atoms with Gasteiger partial charge in [0.25, 0.3) is 5.91 Å². The van der Waals surface area contributed by atoms with Gasteiger partial charge in [-0.2, -0.15) is 0 Å². The Labute approximate surface area is 133 Å². The maximum atomic E-state index is 13.5. The smallest absolute Gasteiger partial charge is 0.257 e. The Kier molecular flexibility index (Phi) is 4.98. The van der Waals surface area contributed by atoms with Crippen LogP contribution in [0.4, 0.5) is 15.8 Å². The van der Waals surface area contributed by atoms with Gasteiger partial charge in [0.15, 0.2) is 5.15 Å². The highest BCUT2D eigenvalue weighted by Gasteiger charge is 2.16. The van der Waals surface area contributed by atoms with E-state index in [1.54, 1.807) is 18.3 Å². The molecule has 0 aliphatic heterocycles. The maximum Gasteiger partial charge on any atom is 0.257 e. The first kappa shape index (κ1) is 16.2. The third-order valence-electron chi connectivity index (χ3n) is 3.02. The van der Waals surface area contributed by atoms with Gasteiger partial charge in [0.2, 0.25) is 0 Å². The fourth-order valence-electron chi connectivity index (χ4n) is 2.00. The van der Waals surface area contributed by atoms with E-state index < -0.39 is 11.7 Å². The first-order valence-corrected chi connectivity index (χ1v) is 7.25. The number of hydrogen-bond donors (Lipinski definition) is 2. The molecule has 0 spiro atoms. The summed E-state index contributed by atoms with van der Waals surface area (Å²) < 4.78 is 13.5. The van der Waals surface area contributed by atoms with Crippen molar-refractivity contribution in [1.29, 1.82) is 0 Å². The summed E-state index contributed by atoms with van der Waals surface area (Å²) in [6.45, 7) is 5.68. The number of amides is 1. The zero-order valence-corrected chi connectivity index (χ0v) is 13.3. The van der Waals surface area contributed by atoms with Crippen LogP contribution in [0, 0.1) is 12.7 Å². The molecule has 0 saturated heterocycles. The molecular formula is C16H17ClFN3O. The van der Waals surface area contributed by atoms with Gasteiger partial charge in [-0.15, -0.1) is 0 Å². The van der Waals surface area contributed by atoms with E-state index in [0.29, 0.717) is 11.4 Å². The Morgan fingerprint density at radius 1 is 1.32 bits per heavy atom. The summed E-state index contributed by atoms with van der Waals surface area (Å²) >= 11 is 6.00. The first-order valence-electron chi connectivity index (χ1n) is 6.87. The normalized spacial score (nSPS) is 10.6. The zero-order chi connectivity index (χ0) is 16.3. The fraction of sp³-hybridized carbons (Fsp3) is 0.250. The Hall–Kier alpha value is -2.14. The number of carbonyl (C=O) groups excluding carboxylic acids is 1. The highest BCUT2D eigenvalue weighted by Crippen LogP contribution is 2.25. The number of aryl methyl sites for hydroxylation is 1. The number of carbonyl (C=O) groups is 1. The molecule has 1 aromatic heterocycles. The Morgan fingerprint density at radius 2 is 2.05 bits per heavy atom. The predicted molar refractivity (Wildman–Crippen MR) is 87.1 cm³/mol. The van der Waals surface area contributed by atoms with Gasteiger partial charge in [-0.25, -0.2) is 9.37 Å². The van der Waals surface area contributed by atoms with Crippen LogP contribution >= 0.6 is 11.6 Å². The van der Waals surface area contributed by atoms with Crippen molar-refractivity contribution in [3.63, 3.8) is 0 Å². The summed E-state index contributed by atoms with van der Waals surface area (Å²) in [7, 11) is 0. The number of aromatic nitrogens is 1. The lowest BCUT2D eigenvalue weighted by atomic mass is 10.1. The van der Waals surface area contributed by atoms with E-state index in [0.717, 1.165) is 5.56 Å². The van der Waals surface area contributed by atoms with Gasteiger partial charge in [-0.05, 0) is 50.6 Å². The Balaban J connectivity index is 2.35. The molecule has 1 heterocycles. The van der Waals surface area contributed by atoms with Gasteiger partial charge in [-0.1, -0.05) is 11.6 Å². The van der Waals surface area contributed by atoms with Gasteiger partial charge in [0, 0.05) is 17.9 Å². The van der Waals surface area contributed by atoms with Crippen molar-refractivity contribution in [1.82, 2.24) is 4.98 Å². The number of pyridine rings is 1. The molecule has 0 saturated carbocycles. The number of hydrogen-bond acceptors (Lipinski definition) is 3. The molecule has 2 aromatic rings. The van der Waals surface area contributed by atoms with Crippen LogP contribution in [0.5, 0.6) is 0 Å². The summed E-state index contributed by atoms with van der Waals surface area (Å²) in [5.74, 6) is -0.922. The molecule has 4 nitrogen and oxygen atoms in total. The van der Waals surface area contributed by atoms with Crippen molar-refractivity contribution in [2.75, 3.05) is 10.6 Å². The van der Waals surface area contributed by atoms with E-state index in [1.807, 2.05) is 20.8 Å². The van der Waals surface area contributed by atoms with Gasteiger partial charge in [-0.3, -0.25) is 4.79 Å². The lowest BCUT2D eigenvalue weighted by molar-refractivity contribution is 0.102. The molecule has 1 amide bonds. The summed E-state index contributed by atoms with van der Waals surface area (Å²) in [5.41, 5.74) is 1.98. The molecule has 1 aromatic carbocycles. The number of halogens is 2. The maximum absolute atomic E-state index is 13.5. The molecule has 116 valence electrons. The van der Waals surface area contributed by atoms with Crippen LogP contribution in [0.2, 0.25) is 5.15 Å². The average Bonchev–Trinajstić information content (AvgIpc) is 2.44. The summed E-state index contributed by atoms with van der Waals surface area (Å²) in [5, 5.41) is 6.01. The zero-order valence-electron chi connectivity index (χ0n) is 12.6. The first-order chi connectivity index (χ1) is 10.4. The second-order valence-electron chi connectivity index (χ2n) is 5.24. The SMILES string of the molecule is Cc1ccnc(Cl)c1NC(=O)c1cc(F)ccc1NC(C)C. The highest BCUT2D eigenvalue weighted by molar-refractivity contribution is 6.33. The van der Waals surface area contributed by atoms with Crippen LogP contribution in [0.25, 0.3) is 0 Å². The monoisotopic (exact) mass is 321 g/mol. The molecule has 0 radical (unpaired) electrons. The topological polar surface area (TPSA) is 54.0 Å². The molecule has 6 heteroatoms.